The molecular weight excluding hydrogens is 803 g/mol. The number of halogens is 4. The van der Waals surface area contributed by atoms with Crippen LogP contribution in [0.4, 0.5) is 22.4 Å². The maximum atomic E-state index is 15.1. The van der Waals surface area contributed by atoms with Gasteiger partial charge in [-0.2, -0.15) is 13.2 Å². The maximum Gasteiger partial charge on any atom is 0.427 e. The van der Waals surface area contributed by atoms with Gasteiger partial charge in [-0.25, -0.2) is 22.6 Å². The number of pyridine rings is 1. The van der Waals surface area contributed by atoms with Crippen LogP contribution in [-0.2, 0) is 29.1 Å². The summed E-state index contributed by atoms with van der Waals surface area (Å²) in [5.41, 5.74) is -4.59. The molecule has 59 heavy (non-hydrogen) atoms. The molecule has 1 aromatic carbocycles. The topological polar surface area (TPSA) is 182 Å². The zero-order chi connectivity index (χ0) is 43.3. The van der Waals surface area contributed by atoms with Crippen molar-refractivity contribution in [2.24, 2.45) is 17.8 Å². The molecule has 7 atom stereocenters. The van der Waals surface area contributed by atoms with Crippen LogP contribution in [-0.4, -0.2) is 95.5 Å². The molecule has 1 aromatic heterocycles. The van der Waals surface area contributed by atoms with Crippen molar-refractivity contribution >= 4 is 44.6 Å². The second kappa shape index (κ2) is 16.1. The molecular formula is C40H51F4N5O9S. The molecule has 2 aromatic rings. The van der Waals surface area contributed by atoms with Crippen molar-refractivity contribution in [1.82, 2.24) is 25.2 Å². The molecule has 2 saturated carbocycles. The Hall–Kier alpha value is -4.68. The fourth-order valence-corrected chi connectivity index (χ4v) is 9.02. The molecule has 0 bridgehead atoms. The standard InChI is InChI=1S/C40H51F4N5O9S/c1-7-56-30-17-24-12-15-45-33(27(24)19-28(30)41)57-26-18-29-32(50)47-39(35(52)48-59(54,55)38(6)13-14-38)20-25(39)11-9-8-10-22(2)16-23(3)31(34(51)49(29)21-26)46-36(53)58-37(4,5)40(42,43)44/h9,11-12,15,17,19,22-23,25-26,29,31H,7-8,10,13-14,16,18,20-21H2,1-6H3,(H,46,53)(H,47,50)(H,48,52)/b11-9-/t22-,23-,25-,26-,29+,31+,39-/m1/s1. The Bertz CT molecular complexity index is 2130. The molecule has 4 aliphatic rings. The summed E-state index contributed by atoms with van der Waals surface area (Å²) < 4.78 is 100. The summed E-state index contributed by atoms with van der Waals surface area (Å²) in [5.74, 6) is -4.62. The molecule has 6 rings (SSSR count). The van der Waals surface area contributed by atoms with Gasteiger partial charge in [0.1, 0.15) is 23.7 Å². The van der Waals surface area contributed by atoms with Gasteiger partial charge in [-0.3, -0.25) is 19.1 Å². The SMILES string of the molecule is CCOc1cc2ccnc(O[C@@H]3C[C@H]4C(=O)N[C@]5(C(=O)NS(=O)(=O)C6(C)CC6)C[C@H]5/C=C\CC[C@@H](C)C[C@@H](C)[C@H](NC(=O)OC(C)(C)C(F)(F)F)C(=O)N4C3)c2cc1F. The largest absolute Gasteiger partial charge is 0.491 e. The number of amides is 4. The fourth-order valence-electron chi connectivity index (χ4n) is 7.71. The molecule has 0 unspecified atom stereocenters. The van der Waals surface area contributed by atoms with Gasteiger partial charge in [-0.1, -0.05) is 26.0 Å². The van der Waals surface area contributed by atoms with Crippen LogP contribution in [0.15, 0.2) is 36.5 Å². The number of carbonyl (C=O) groups excluding carboxylic acids is 4. The third-order valence-electron chi connectivity index (χ3n) is 11.9. The molecule has 1 saturated heterocycles. The summed E-state index contributed by atoms with van der Waals surface area (Å²) >= 11 is 0. The number of carbonyl (C=O) groups is 4. The smallest absolute Gasteiger partial charge is 0.427 e. The average Bonchev–Trinajstić information content (AvgIpc) is 4.02. The van der Waals surface area contributed by atoms with Gasteiger partial charge in [-0.15, -0.1) is 0 Å². The number of rotatable bonds is 9. The predicted octanol–water partition coefficient (Wildman–Crippen LogP) is 5.44. The monoisotopic (exact) mass is 853 g/mol. The van der Waals surface area contributed by atoms with E-state index in [9.17, 15) is 40.8 Å². The Morgan fingerprint density at radius 3 is 2.49 bits per heavy atom. The lowest BCUT2D eigenvalue weighted by Crippen LogP contribution is -2.59. The fraction of sp³-hybridized carbons (Fsp3) is 0.625. The number of allylic oxidation sites excluding steroid dienone is 1. The van der Waals surface area contributed by atoms with Crippen molar-refractivity contribution < 1.29 is 59.4 Å². The second-order valence-electron chi connectivity index (χ2n) is 17.0. The van der Waals surface area contributed by atoms with Crippen LogP contribution in [0.5, 0.6) is 11.6 Å². The van der Waals surface area contributed by atoms with E-state index in [1.807, 2.05) is 13.0 Å². The highest BCUT2D eigenvalue weighted by atomic mass is 32.2. The number of alkyl halides is 3. The Balaban J connectivity index is 1.36. The number of nitrogens with one attached hydrogen (secondary N) is 3. The molecule has 324 valence electrons. The van der Waals surface area contributed by atoms with Crippen molar-refractivity contribution in [3.8, 4) is 11.6 Å². The summed E-state index contributed by atoms with van der Waals surface area (Å²) in [7, 11) is -4.10. The minimum atomic E-state index is -4.94. The molecule has 3 heterocycles. The minimum Gasteiger partial charge on any atom is -0.491 e. The first-order valence-electron chi connectivity index (χ1n) is 19.8. The Morgan fingerprint density at radius 1 is 1.12 bits per heavy atom. The van der Waals surface area contributed by atoms with E-state index in [4.69, 9.17) is 14.2 Å². The van der Waals surface area contributed by atoms with Crippen LogP contribution in [0, 0.1) is 23.6 Å². The average molecular weight is 854 g/mol. The van der Waals surface area contributed by atoms with E-state index in [2.05, 4.69) is 20.3 Å². The van der Waals surface area contributed by atoms with Crippen LogP contribution < -0.4 is 24.8 Å². The Kier molecular flexibility index (Phi) is 11.9. The van der Waals surface area contributed by atoms with Gasteiger partial charge >= 0.3 is 12.3 Å². The van der Waals surface area contributed by atoms with Crippen LogP contribution in [0.2, 0.25) is 0 Å². The molecule has 0 spiro atoms. The predicted molar refractivity (Wildman–Crippen MR) is 206 cm³/mol. The zero-order valence-corrected chi connectivity index (χ0v) is 34.6. The van der Waals surface area contributed by atoms with Crippen LogP contribution in [0.3, 0.4) is 0 Å². The van der Waals surface area contributed by atoms with E-state index in [1.165, 1.54) is 25.3 Å². The summed E-state index contributed by atoms with van der Waals surface area (Å²) in [6, 6.07) is 1.40. The first-order valence-corrected chi connectivity index (χ1v) is 21.3. The van der Waals surface area contributed by atoms with Crippen molar-refractivity contribution in [1.29, 1.82) is 0 Å². The molecule has 4 amide bonds. The second-order valence-corrected chi connectivity index (χ2v) is 19.2. The van der Waals surface area contributed by atoms with E-state index in [0.29, 0.717) is 51.3 Å². The van der Waals surface area contributed by atoms with Crippen molar-refractivity contribution in [3.05, 3.63) is 42.4 Å². The molecule has 2 aliphatic heterocycles. The number of hydrogen-bond acceptors (Lipinski definition) is 10. The number of ether oxygens (including phenoxy) is 3. The van der Waals surface area contributed by atoms with E-state index in [1.54, 1.807) is 26.0 Å². The van der Waals surface area contributed by atoms with Crippen molar-refractivity contribution in [2.75, 3.05) is 13.2 Å². The lowest BCUT2D eigenvalue weighted by Gasteiger charge is -2.34. The first kappa shape index (κ1) is 43.9. The van der Waals surface area contributed by atoms with Gasteiger partial charge < -0.3 is 29.7 Å². The van der Waals surface area contributed by atoms with E-state index < -0.39 is 91.7 Å². The van der Waals surface area contributed by atoms with Crippen molar-refractivity contribution in [2.45, 2.75) is 127 Å². The van der Waals surface area contributed by atoms with Gasteiger partial charge in [0.25, 0.3) is 5.91 Å². The highest BCUT2D eigenvalue weighted by Crippen LogP contribution is 2.48. The zero-order valence-electron chi connectivity index (χ0n) is 33.8. The lowest BCUT2D eigenvalue weighted by molar-refractivity contribution is -0.244. The van der Waals surface area contributed by atoms with E-state index in [-0.39, 0.29) is 48.9 Å². The molecule has 3 N–H and O–H groups in total. The number of hydrogen-bond donors (Lipinski definition) is 3. The number of benzene rings is 1. The van der Waals surface area contributed by atoms with Gasteiger partial charge in [0.15, 0.2) is 11.6 Å². The highest BCUT2D eigenvalue weighted by molar-refractivity contribution is 7.91. The van der Waals surface area contributed by atoms with Gasteiger partial charge in [0, 0.05) is 23.9 Å². The van der Waals surface area contributed by atoms with Gasteiger partial charge in [-0.05, 0) is 102 Å². The van der Waals surface area contributed by atoms with E-state index >= 15 is 4.39 Å². The highest BCUT2D eigenvalue weighted by Gasteiger charge is 2.63. The lowest BCUT2D eigenvalue weighted by atomic mass is 9.88. The summed E-state index contributed by atoms with van der Waals surface area (Å²) in [6.07, 6.45) is -0.376. The van der Waals surface area contributed by atoms with Crippen LogP contribution >= 0.6 is 0 Å². The first-order chi connectivity index (χ1) is 27.5. The van der Waals surface area contributed by atoms with Crippen molar-refractivity contribution in [3.63, 3.8) is 0 Å². The molecule has 19 heteroatoms. The molecule has 2 aliphatic carbocycles. The number of alkyl carbamates (subject to hydrolysis) is 1. The third-order valence-corrected chi connectivity index (χ3v) is 14.1. The maximum absolute atomic E-state index is 15.1. The molecule has 3 fully saturated rings. The Morgan fingerprint density at radius 2 is 1.83 bits per heavy atom. The summed E-state index contributed by atoms with van der Waals surface area (Å²) in [5, 5.41) is 5.89. The number of aromatic nitrogens is 1. The number of nitrogens with zero attached hydrogens (tertiary/aromatic N) is 2. The van der Waals surface area contributed by atoms with Gasteiger partial charge in [0.05, 0.1) is 17.9 Å². The minimum absolute atomic E-state index is 0.00976. The summed E-state index contributed by atoms with van der Waals surface area (Å²) in [6.45, 7) is 8.05. The van der Waals surface area contributed by atoms with Crippen LogP contribution in [0.1, 0.15) is 86.5 Å². The third kappa shape index (κ3) is 9.09. The molecule has 14 nitrogen and oxygen atoms in total. The normalized spacial score (nSPS) is 29.2. The Labute approximate surface area is 340 Å². The number of sulfonamides is 1. The number of fused-ring (bicyclic) bond motifs is 3. The van der Waals surface area contributed by atoms with Crippen LogP contribution in [0.25, 0.3) is 10.8 Å². The summed E-state index contributed by atoms with van der Waals surface area (Å²) in [4.78, 5) is 61.7. The molecule has 0 radical (unpaired) electrons. The van der Waals surface area contributed by atoms with Gasteiger partial charge in [0.2, 0.25) is 33.3 Å². The quantitative estimate of drug-likeness (QED) is 0.217. The van der Waals surface area contributed by atoms with E-state index in [0.717, 1.165) is 4.90 Å².